The second kappa shape index (κ2) is 10.2. The molecule has 2 unspecified atom stereocenters. The summed E-state index contributed by atoms with van der Waals surface area (Å²) in [6.07, 6.45) is 7.60. The number of aryl methyl sites for hydroxylation is 1. The van der Waals surface area contributed by atoms with Gasteiger partial charge in [-0.2, -0.15) is 0 Å². The summed E-state index contributed by atoms with van der Waals surface area (Å²) in [5.74, 6) is 0. The summed E-state index contributed by atoms with van der Waals surface area (Å²) >= 11 is 3.51. The Morgan fingerprint density at radius 1 is 0.769 bits per heavy atom. The third-order valence-corrected chi connectivity index (χ3v) is 5.91. The molecule has 1 aliphatic rings. The fraction of sp³-hybridized carbons (Fsp3) is 0.478. The van der Waals surface area contributed by atoms with Crippen molar-refractivity contribution in [2.45, 2.75) is 70.6 Å². The maximum absolute atomic E-state index is 3.81. The van der Waals surface area contributed by atoms with E-state index in [1.54, 1.807) is 0 Å². The molecule has 140 valence electrons. The van der Waals surface area contributed by atoms with E-state index in [1.165, 1.54) is 55.2 Å². The van der Waals surface area contributed by atoms with Gasteiger partial charge in [0.05, 0.1) is 0 Å². The lowest BCUT2D eigenvalue weighted by Gasteiger charge is -2.33. The monoisotopic (exact) mass is 414 g/mol. The lowest BCUT2D eigenvalue weighted by Crippen LogP contribution is -2.49. The first-order valence-electron chi connectivity index (χ1n) is 10.0. The van der Waals surface area contributed by atoms with Crippen LogP contribution in [0.4, 0.5) is 0 Å². The van der Waals surface area contributed by atoms with Crippen LogP contribution in [0.1, 0.15) is 55.7 Å². The molecule has 1 fully saturated rings. The summed E-state index contributed by atoms with van der Waals surface area (Å²) in [6.45, 7) is 4.15. The number of hydrogen-bond donors (Lipinski definition) is 2. The highest BCUT2D eigenvalue weighted by atomic mass is 79.9. The number of benzene rings is 2. The van der Waals surface area contributed by atoms with Gasteiger partial charge in [0, 0.05) is 29.6 Å². The standard InChI is InChI=1S/C23H31BrN2/c1-2-5-18-8-10-19(11-9-18)16-25-22-6-3-4-7-23(22)26-17-20-12-14-21(24)15-13-20/h8-15,22-23,25-26H,2-7,16-17H2,1H3. The zero-order valence-electron chi connectivity index (χ0n) is 15.8. The van der Waals surface area contributed by atoms with Crippen molar-refractivity contribution in [3.05, 3.63) is 69.7 Å². The summed E-state index contributed by atoms with van der Waals surface area (Å²) in [5, 5.41) is 7.61. The minimum Gasteiger partial charge on any atom is -0.308 e. The van der Waals surface area contributed by atoms with E-state index < -0.39 is 0 Å². The zero-order valence-corrected chi connectivity index (χ0v) is 17.4. The number of halogens is 1. The van der Waals surface area contributed by atoms with Crippen molar-refractivity contribution in [3.63, 3.8) is 0 Å². The van der Waals surface area contributed by atoms with Crippen molar-refractivity contribution >= 4 is 15.9 Å². The third kappa shape index (κ3) is 5.94. The minimum atomic E-state index is 0.562. The fourth-order valence-electron chi connectivity index (χ4n) is 3.83. The average Bonchev–Trinajstić information content (AvgIpc) is 2.68. The van der Waals surface area contributed by atoms with Crippen LogP contribution in [-0.2, 0) is 19.5 Å². The van der Waals surface area contributed by atoms with Crippen LogP contribution in [0.15, 0.2) is 53.0 Å². The molecular formula is C23H31BrN2. The molecular weight excluding hydrogens is 384 g/mol. The lowest BCUT2D eigenvalue weighted by atomic mass is 9.90. The van der Waals surface area contributed by atoms with Gasteiger partial charge in [0.2, 0.25) is 0 Å². The summed E-state index contributed by atoms with van der Waals surface area (Å²) in [5.41, 5.74) is 4.19. The van der Waals surface area contributed by atoms with Gasteiger partial charge in [0.15, 0.2) is 0 Å². The second-order valence-corrected chi connectivity index (χ2v) is 8.37. The van der Waals surface area contributed by atoms with E-state index in [2.05, 4.69) is 82.0 Å². The van der Waals surface area contributed by atoms with Gasteiger partial charge in [-0.3, -0.25) is 0 Å². The normalized spacial score (nSPS) is 20.2. The van der Waals surface area contributed by atoms with Crippen molar-refractivity contribution in [1.29, 1.82) is 0 Å². The Morgan fingerprint density at radius 2 is 1.23 bits per heavy atom. The molecule has 2 nitrogen and oxygen atoms in total. The van der Waals surface area contributed by atoms with E-state index in [-0.39, 0.29) is 0 Å². The van der Waals surface area contributed by atoms with Gasteiger partial charge >= 0.3 is 0 Å². The smallest absolute Gasteiger partial charge is 0.0224 e. The summed E-state index contributed by atoms with van der Waals surface area (Å²) in [7, 11) is 0. The van der Waals surface area contributed by atoms with Crippen LogP contribution >= 0.6 is 15.9 Å². The molecule has 0 saturated heterocycles. The van der Waals surface area contributed by atoms with Crippen LogP contribution in [0.5, 0.6) is 0 Å². The van der Waals surface area contributed by atoms with Crippen molar-refractivity contribution in [2.24, 2.45) is 0 Å². The molecule has 0 spiro atoms. The number of nitrogens with one attached hydrogen (secondary N) is 2. The molecule has 2 N–H and O–H groups in total. The first-order valence-corrected chi connectivity index (χ1v) is 10.8. The summed E-state index contributed by atoms with van der Waals surface area (Å²) in [4.78, 5) is 0. The highest BCUT2D eigenvalue weighted by Gasteiger charge is 2.24. The van der Waals surface area contributed by atoms with Gasteiger partial charge in [-0.15, -0.1) is 0 Å². The van der Waals surface area contributed by atoms with Crippen LogP contribution in [0.2, 0.25) is 0 Å². The van der Waals surface area contributed by atoms with Crippen LogP contribution < -0.4 is 10.6 Å². The van der Waals surface area contributed by atoms with Gasteiger partial charge < -0.3 is 10.6 Å². The van der Waals surface area contributed by atoms with Crippen LogP contribution in [0.3, 0.4) is 0 Å². The molecule has 3 rings (SSSR count). The number of hydrogen-bond acceptors (Lipinski definition) is 2. The fourth-order valence-corrected chi connectivity index (χ4v) is 4.10. The summed E-state index contributed by atoms with van der Waals surface area (Å²) < 4.78 is 1.14. The van der Waals surface area contributed by atoms with E-state index in [1.807, 2.05) is 0 Å². The molecule has 0 amide bonds. The van der Waals surface area contributed by atoms with Crippen LogP contribution in [0, 0.1) is 0 Å². The topological polar surface area (TPSA) is 24.1 Å². The first-order chi connectivity index (χ1) is 12.7. The molecule has 2 aromatic rings. The predicted octanol–water partition coefficient (Wildman–Crippen LogP) is 5.59. The van der Waals surface area contributed by atoms with Crippen LogP contribution in [0.25, 0.3) is 0 Å². The van der Waals surface area contributed by atoms with E-state index in [9.17, 15) is 0 Å². The molecule has 2 atom stereocenters. The van der Waals surface area contributed by atoms with E-state index in [4.69, 9.17) is 0 Å². The maximum atomic E-state index is 3.81. The van der Waals surface area contributed by atoms with Gasteiger partial charge in [0.1, 0.15) is 0 Å². The Kier molecular flexibility index (Phi) is 7.72. The van der Waals surface area contributed by atoms with Crippen LogP contribution in [-0.4, -0.2) is 12.1 Å². The number of rotatable bonds is 8. The maximum Gasteiger partial charge on any atom is 0.0224 e. The zero-order chi connectivity index (χ0) is 18.2. The molecule has 0 heterocycles. The van der Waals surface area contributed by atoms with Gasteiger partial charge in [-0.05, 0) is 48.1 Å². The molecule has 0 aliphatic heterocycles. The van der Waals surface area contributed by atoms with Crippen molar-refractivity contribution in [2.75, 3.05) is 0 Å². The Hall–Kier alpha value is -1.16. The second-order valence-electron chi connectivity index (χ2n) is 7.45. The lowest BCUT2D eigenvalue weighted by molar-refractivity contribution is 0.281. The Bertz CT molecular complexity index is 651. The van der Waals surface area contributed by atoms with Crippen molar-refractivity contribution in [3.8, 4) is 0 Å². The van der Waals surface area contributed by atoms with Gasteiger partial charge in [-0.25, -0.2) is 0 Å². The Labute approximate surface area is 166 Å². The largest absolute Gasteiger partial charge is 0.308 e. The molecule has 3 heteroatoms. The first kappa shape index (κ1) is 19.6. The van der Waals surface area contributed by atoms with Gasteiger partial charge in [0.25, 0.3) is 0 Å². The Morgan fingerprint density at radius 3 is 1.73 bits per heavy atom. The Balaban J connectivity index is 1.50. The molecule has 2 aromatic carbocycles. The van der Waals surface area contributed by atoms with Crippen molar-refractivity contribution < 1.29 is 0 Å². The summed E-state index contributed by atoms with van der Waals surface area (Å²) in [6, 6.07) is 18.9. The highest BCUT2D eigenvalue weighted by Crippen LogP contribution is 2.20. The third-order valence-electron chi connectivity index (χ3n) is 5.38. The molecule has 0 radical (unpaired) electrons. The average molecular weight is 415 g/mol. The van der Waals surface area contributed by atoms with Crippen molar-refractivity contribution in [1.82, 2.24) is 10.6 Å². The quantitative estimate of drug-likeness (QED) is 0.587. The van der Waals surface area contributed by atoms with E-state index in [0.717, 1.165) is 17.6 Å². The molecule has 0 aromatic heterocycles. The minimum absolute atomic E-state index is 0.562. The highest BCUT2D eigenvalue weighted by molar-refractivity contribution is 9.10. The molecule has 0 bridgehead atoms. The molecule has 1 aliphatic carbocycles. The van der Waals surface area contributed by atoms with E-state index >= 15 is 0 Å². The SMILES string of the molecule is CCCc1ccc(CNC2CCCCC2NCc2ccc(Br)cc2)cc1. The molecule has 26 heavy (non-hydrogen) atoms. The van der Waals surface area contributed by atoms with E-state index in [0.29, 0.717) is 12.1 Å². The van der Waals surface area contributed by atoms with Gasteiger partial charge in [-0.1, -0.05) is 78.5 Å². The molecule has 1 saturated carbocycles. The predicted molar refractivity (Wildman–Crippen MR) is 114 cm³/mol.